The zero-order chi connectivity index (χ0) is 26.8. The van der Waals surface area contributed by atoms with Crippen molar-refractivity contribution in [3.8, 4) is 11.5 Å². The number of alkyl halides is 3. The Morgan fingerprint density at radius 2 is 1.76 bits per heavy atom. The third-order valence-corrected chi connectivity index (χ3v) is 7.20. The van der Waals surface area contributed by atoms with Crippen molar-refractivity contribution in [1.82, 2.24) is 9.80 Å². The lowest BCUT2D eigenvalue weighted by Gasteiger charge is -2.48. The van der Waals surface area contributed by atoms with Crippen LogP contribution in [0.3, 0.4) is 0 Å². The van der Waals surface area contributed by atoms with Crippen molar-refractivity contribution in [3.05, 3.63) is 59.7 Å². The second kappa shape index (κ2) is 10.8. The Bertz CT molecular complexity index is 1150. The lowest BCUT2D eigenvalue weighted by Crippen LogP contribution is -2.61. The number of morpholine rings is 1. The van der Waals surface area contributed by atoms with Crippen LogP contribution in [0.25, 0.3) is 0 Å². The quantitative estimate of drug-likeness (QED) is 0.527. The van der Waals surface area contributed by atoms with E-state index < -0.39 is 12.0 Å². The summed E-state index contributed by atoms with van der Waals surface area (Å²) in [6.07, 6.45) is -1.01. The predicted octanol–water partition coefficient (Wildman–Crippen LogP) is 4.45. The fourth-order valence-electron chi connectivity index (χ4n) is 5.09. The number of rotatable bonds is 7. The lowest BCUT2D eigenvalue weighted by atomic mass is 9.90. The van der Waals surface area contributed by atoms with E-state index in [0.717, 1.165) is 5.75 Å². The van der Waals surface area contributed by atoms with Crippen LogP contribution in [0, 0.1) is 5.92 Å². The molecule has 1 spiro atoms. The van der Waals surface area contributed by atoms with Crippen LogP contribution < -0.4 is 9.47 Å². The minimum Gasteiger partial charge on any atom is -0.493 e. The molecule has 0 bridgehead atoms. The number of benzene rings is 2. The molecule has 2 aliphatic heterocycles. The van der Waals surface area contributed by atoms with Crippen molar-refractivity contribution >= 4 is 11.8 Å². The normalized spacial score (nSPS) is 21.9. The van der Waals surface area contributed by atoms with Gasteiger partial charge in [-0.2, -0.15) is 0 Å². The number of hydrogen-bond donors (Lipinski definition) is 0. The van der Waals surface area contributed by atoms with Gasteiger partial charge in [-0.1, -0.05) is 12.1 Å². The van der Waals surface area contributed by atoms with Crippen molar-refractivity contribution in [2.75, 3.05) is 39.4 Å². The highest BCUT2D eigenvalue weighted by Crippen LogP contribution is 2.32. The highest BCUT2D eigenvalue weighted by atomic mass is 19.4. The Morgan fingerprint density at radius 1 is 1.00 bits per heavy atom. The molecule has 5 rings (SSSR count). The Kier molecular flexibility index (Phi) is 7.52. The van der Waals surface area contributed by atoms with E-state index >= 15 is 0 Å². The first-order valence-electron chi connectivity index (χ1n) is 13.0. The summed E-state index contributed by atoms with van der Waals surface area (Å²) >= 11 is 0. The van der Waals surface area contributed by atoms with Crippen molar-refractivity contribution in [3.63, 3.8) is 0 Å². The average molecular weight is 533 g/mol. The number of nitrogens with zero attached hydrogens (tertiary/aromatic N) is 2. The summed E-state index contributed by atoms with van der Waals surface area (Å²) in [5.74, 6) is 0.749. The van der Waals surface area contributed by atoms with Crippen LogP contribution >= 0.6 is 0 Å². The van der Waals surface area contributed by atoms with E-state index in [1.165, 1.54) is 31.0 Å². The molecule has 2 aromatic rings. The number of likely N-dealkylation sites (tertiary alicyclic amines) is 1. The van der Waals surface area contributed by atoms with Gasteiger partial charge in [0.25, 0.3) is 5.91 Å². The Balaban J connectivity index is 1.19. The van der Waals surface area contributed by atoms with Crippen LogP contribution in [-0.4, -0.2) is 73.0 Å². The number of piperidine rings is 1. The molecule has 10 heteroatoms. The first kappa shape index (κ1) is 26.3. The van der Waals surface area contributed by atoms with Crippen LogP contribution in [0.15, 0.2) is 48.5 Å². The van der Waals surface area contributed by atoms with E-state index in [4.69, 9.17) is 9.47 Å². The Labute approximate surface area is 219 Å². The molecule has 204 valence electrons. The molecular formula is C28H31F3N2O5. The van der Waals surface area contributed by atoms with Gasteiger partial charge in [-0.15, -0.1) is 13.2 Å². The zero-order valence-electron chi connectivity index (χ0n) is 21.0. The van der Waals surface area contributed by atoms with Crippen LogP contribution in [-0.2, 0) is 16.0 Å². The summed E-state index contributed by atoms with van der Waals surface area (Å²) in [6.45, 7) is 2.75. The van der Waals surface area contributed by atoms with Crippen molar-refractivity contribution in [1.29, 1.82) is 0 Å². The molecule has 0 N–H and O–H groups in total. The van der Waals surface area contributed by atoms with Gasteiger partial charge in [0.05, 0.1) is 32.7 Å². The van der Waals surface area contributed by atoms with Crippen LogP contribution in [0.4, 0.5) is 13.2 Å². The number of hydrogen-bond acceptors (Lipinski definition) is 5. The molecule has 7 nitrogen and oxygen atoms in total. The monoisotopic (exact) mass is 532 g/mol. The molecule has 1 unspecified atom stereocenters. The van der Waals surface area contributed by atoms with Crippen molar-refractivity contribution in [2.24, 2.45) is 5.92 Å². The maximum Gasteiger partial charge on any atom is 0.573 e. The molecule has 2 heterocycles. The highest BCUT2D eigenvalue weighted by Gasteiger charge is 2.43. The summed E-state index contributed by atoms with van der Waals surface area (Å²) in [4.78, 5) is 29.8. The highest BCUT2D eigenvalue weighted by molar-refractivity contribution is 5.94. The van der Waals surface area contributed by atoms with Crippen molar-refractivity contribution < 1.29 is 37.0 Å². The minimum absolute atomic E-state index is 0.0526. The van der Waals surface area contributed by atoms with Gasteiger partial charge in [-0.05, 0) is 73.6 Å². The van der Waals surface area contributed by atoms with Gasteiger partial charge in [-0.25, -0.2) is 0 Å². The molecule has 2 aromatic carbocycles. The number of halogens is 3. The van der Waals surface area contributed by atoms with E-state index in [0.29, 0.717) is 69.3 Å². The first-order valence-corrected chi connectivity index (χ1v) is 13.0. The fourth-order valence-corrected chi connectivity index (χ4v) is 5.09. The van der Waals surface area contributed by atoms with E-state index in [1.807, 2.05) is 12.1 Å². The SMILES string of the molecule is O=C(Cc1cccc(OC(F)(F)F)c1)N1CCCC2(C1)CN(C(=O)c1ccc(OCC3CC3)cc1)CCO2. The number of ether oxygens (including phenoxy) is 3. The third kappa shape index (κ3) is 6.78. The molecule has 1 saturated carbocycles. The Morgan fingerprint density at radius 3 is 2.50 bits per heavy atom. The average Bonchev–Trinajstić information content (AvgIpc) is 3.71. The van der Waals surface area contributed by atoms with Gasteiger partial charge in [-0.3, -0.25) is 9.59 Å². The predicted molar refractivity (Wildman–Crippen MR) is 132 cm³/mol. The van der Waals surface area contributed by atoms with E-state index in [2.05, 4.69) is 4.74 Å². The van der Waals surface area contributed by atoms with Gasteiger partial charge in [0.2, 0.25) is 5.91 Å². The topological polar surface area (TPSA) is 68.3 Å². The summed E-state index contributed by atoms with van der Waals surface area (Å²) in [5.41, 5.74) is 0.337. The van der Waals surface area contributed by atoms with Crippen LogP contribution in [0.5, 0.6) is 11.5 Å². The molecule has 0 radical (unpaired) electrons. The molecular weight excluding hydrogens is 501 g/mol. The molecule has 0 aromatic heterocycles. The molecule has 1 atom stereocenters. The maximum absolute atomic E-state index is 13.3. The van der Waals surface area contributed by atoms with Gasteiger partial charge >= 0.3 is 6.36 Å². The summed E-state index contributed by atoms with van der Waals surface area (Å²) in [7, 11) is 0. The number of amides is 2. The van der Waals surface area contributed by atoms with E-state index in [-0.39, 0.29) is 24.0 Å². The van der Waals surface area contributed by atoms with Gasteiger partial charge < -0.3 is 24.0 Å². The van der Waals surface area contributed by atoms with Gasteiger partial charge in [0.1, 0.15) is 17.1 Å². The van der Waals surface area contributed by atoms with E-state index in [1.54, 1.807) is 28.0 Å². The number of carbonyl (C=O) groups excluding carboxylic acids is 2. The summed E-state index contributed by atoms with van der Waals surface area (Å²) in [6, 6.07) is 12.7. The summed E-state index contributed by atoms with van der Waals surface area (Å²) < 4.78 is 53.6. The van der Waals surface area contributed by atoms with E-state index in [9.17, 15) is 22.8 Å². The van der Waals surface area contributed by atoms with Crippen LogP contribution in [0.1, 0.15) is 41.6 Å². The third-order valence-electron chi connectivity index (χ3n) is 7.20. The molecule has 3 aliphatic rings. The molecule has 38 heavy (non-hydrogen) atoms. The standard InChI is InChI=1S/C28H31F3N2O5/c29-28(30,31)38-24-4-1-3-21(15-24)16-25(34)32-12-2-11-27(18-32)19-33(13-14-37-27)26(35)22-7-9-23(10-8-22)36-17-20-5-6-20/h1,3-4,7-10,15,20H,2,5-6,11-14,16-19H2. The second-order valence-electron chi connectivity index (χ2n) is 10.3. The van der Waals surface area contributed by atoms with Crippen LogP contribution in [0.2, 0.25) is 0 Å². The molecule has 2 amide bonds. The second-order valence-corrected chi connectivity index (χ2v) is 10.3. The first-order chi connectivity index (χ1) is 18.2. The zero-order valence-corrected chi connectivity index (χ0v) is 21.0. The molecule has 2 saturated heterocycles. The van der Waals surface area contributed by atoms with Gasteiger partial charge in [0.15, 0.2) is 0 Å². The van der Waals surface area contributed by atoms with Crippen molar-refractivity contribution in [2.45, 2.75) is 44.1 Å². The van der Waals surface area contributed by atoms with Gasteiger partial charge in [0, 0.05) is 18.7 Å². The Hall–Kier alpha value is -3.27. The fraction of sp³-hybridized carbons (Fsp3) is 0.500. The molecule has 1 aliphatic carbocycles. The largest absolute Gasteiger partial charge is 0.573 e. The molecule has 3 fully saturated rings. The summed E-state index contributed by atoms with van der Waals surface area (Å²) in [5, 5.41) is 0. The maximum atomic E-state index is 13.3. The number of carbonyl (C=O) groups is 2. The smallest absolute Gasteiger partial charge is 0.493 e. The minimum atomic E-state index is -4.80. The lowest BCUT2D eigenvalue weighted by molar-refractivity contribution is -0.274.